The summed E-state index contributed by atoms with van der Waals surface area (Å²) in [7, 11) is -3.62. The normalized spacial score (nSPS) is 12.4. The van der Waals surface area contributed by atoms with Crippen LogP contribution in [0.25, 0.3) is 0 Å². The molecule has 0 saturated heterocycles. The van der Waals surface area contributed by atoms with E-state index in [1.54, 1.807) is 34.6 Å². The lowest BCUT2D eigenvalue weighted by atomic mass is 9.87. The topological polar surface area (TPSA) is 128 Å². The number of anilines is 2. The van der Waals surface area contributed by atoms with Crippen molar-refractivity contribution >= 4 is 50.7 Å². The minimum Gasteiger partial charge on any atom is -0.473 e. The van der Waals surface area contributed by atoms with Gasteiger partial charge in [0, 0.05) is 5.41 Å². The summed E-state index contributed by atoms with van der Waals surface area (Å²) in [6.45, 7) is 10.7. The first kappa shape index (κ1) is 39.1. The molecular weight excluding hydrogens is 628 g/mol. The van der Waals surface area contributed by atoms with Crippen LogP contribution in [0.2, 0.25) is 5.02 Å². The number of halogens is 1. The van der Waals surface area contributed by atoms with E-state index in [-0.39, 0.29) is 34.0 Å². The first-order chi connectivity index (χ1) is 21.6. The highest BCUT2D eigenvalue weighted by Crippen LogP contribution is 2.28. The summed E-state index contributed by atoms with van der Waals surface area (Å²) in [5, 5.41) is 2.78. The molecule has 0 bridgehead atoms. The second-order valence-electron chi connectivity index (χ2n) is 12.9. The quantitative estimate of drug-likeness (QED) is 0.0816. The predicted octanol–water partition coefficient (Wildman–Crippen LogP) is 8.57. The summed E-state index contributed by atoms with van der Waals surface area (Å²) in [4.78, 5) is 38.9. The largest absolute Gasteiger partial charge is 0.473 e. The monoisotopic (exact) mass is 678 g/mol. The number of unbranched alkanes of at least 4 members (excludes halogenated alkanes) is 9. The molecule has 0 spiro atoms. The van der Waals surface area contributed by atoms with E-state index in [0.717, 1.165) is 19.3 Å². The van der Waals surface area contributed by atoms with Crippen molar-refractivity contribution in [3.05, 3.63) is 53.1 Å². The lowest BCUT2D eigenvalue weighted by molar-refractivity contribution is -0.140. The van der Waals surface area contributed by atoms with Crippen molar-refractivity contribution in [2.24, 2.45) is 5.41 Å². The van der Waals surface area contributed by atoms with Crippen LogP contribution >= 0.6 is 11.6 Å². The number of ketones is 1. The van der Waals surface area contributed by atoms with E-state index in [1.165, 1.54) is 81.0 Å². The number of ether oxygens (including phenoxy) is 2. The maximum atomic E-state index is 13.4. The molecular formula is C35H51ClN2O7S. The van der Waals surface area contributed by atoms with Crippen molar-refractivity contribution in [1.29, 1.82) is 0 Å². The standard InChI is InChI=1S/C35H51ClN2O7S/c1-7-8-9-10-11-12-13-14-15-16-23-46(42,43)38-27-19-22-29(36)30(24-27)37-33(40)31(32(39)35(4,5)6)45-28-20-17-26(18-21-28)34(41)44-25(2)3/h17-22,24-25,31,38H,7-16,23H2,1-6H3,(H,37,40). The molecule has 0 fully saturated rings. The van der Waals surface area contributed by atoms with E-state index in [4.69, 9.17) is 21.1 Å². The predicted molar refractivity (Wildman–Crippen MR) is 185 cm³/mol. The molecule has 0 heterocycles. The van der Waals surface area contributed by atoms with E-state index >= 15 is 0 Å². The Bertz CT molecular complexity index is 1390. The molecule has 0 aliphatic rings. The average Bonchev–Trinajstić information content (AvgIpc) is 2.97. The van der Waals surface area contributed by atoms with Crippen LogP contribution in [0.4, 0.5) is 11.4 Å². The van der Waals surface area contributed by atoms with Gasteiger partial charge in [0.05, 0.1) is 33.8 Å². The Morgan fingerprint density at radius 1 is 0.848 bits per heavy atom. The molecule has 9 nitrogen and oxygen atoms in total. The third kappa shape index (κ3) is 14.1. The summed E-state index contributed by atoms with van der Waals surface area (Å²) >= 11 is 6.35. The van der Waals surface area contributed by atoms with Crippen molar-refractivity contribution in [3.8, 4) is 5.75 Å². The van der Waals surface area contributed by atoms with Gasteiger partial charge in [0.1, 0.15) is 5.75 Å². The third-order valence-corrected chi connectivity index (χ3v) is 8.87. The molecule has 2 aromatic rings. The Morgan fingerprint density at radius 2 is 1.41 bits per heavy atom. The molecule has 0 aliphatic carbocycles. The lowest BCUT2D eigenvalue weighted by Crippen LogP contribution is -2.45. The third-order valence-electron chi connectivity index (χ3n) is 7.17. The van der Waals surface area contributed by atoms with Gasteiger partial charge in [0.2, 0.25) is 16.1 Å². The molecule has 0 saturated carbocycles. The number of rotatable bonds is 20. The Kier molecular flexibility index (Phi) is 16.0. The maximum absolute atomic E-state index is 13.4. The van der Waals surface area contributed by atoms with Crippen molar-refractivity contribution in [1.82, 2.24) is 0 Å². The number of hydrogen-bond donors (Lipinski definition) is 2. The van der Waals surface area contributed by atoms with E-state index in [2.05, 4.69) is 17.0 Å². The van der Waals surface area contributed by atoms with Gasteiger partial charge in [-0.15, -0.1) is 0 Å². The fourth-order valence-electron chi connectivity index (χ4n) is 4.60. The molecule has 2 rings (SSSR count). The number of sulfonamides is 1. The second kappa shape index (κ2) is 18.9. The number of nitrogens with one attached hydrogen (secondary N) is 2. The van der Waals surface area contributed by atoms with Gasteiger partial charge in [0.25, 0.3) is 5.91 Å². The molecule has 1 amide bonds. The molecule has 0 radical (unpaired) electrons. The van der Waals surface area contributed by atoms with E-state index in [9.17, 15) is 22.8 Å². The minimum absolute atomic E-state index is 0.0161. The molecule has 0 aromatic heterocycles. The maximum Gasteiger partial charge on any atom is 0.338 e. The number of esters is 1. The summed E-state index contributed by atoms with van der Waals surface area (Å²) < 4.78 is 39.1. The number of amides is 1. The van der Waals surface area contributed by atoms with Crippen LogP contribution < -0.4 is 14.8 Å². The van der Waals surface area contributed by atoms with Crippen LogP contribution in [-0.2, 0) is 24.3 Å². The minimum atomic E-state index is -3.62. The zero-order valence-corrected chi connectivity index (χ0v) is 29.7. The van der Waals surface area contributed by atoms with E-state index in [0.29, 0.717) is 12.0 Å². The van der Waals surface area contributed by atoms with Crippen molar-refractivity contribution in [2.45, 2.75) is 118 Å². The first-order valence-electron chi connectivity index (χ1n) is 16.3. The van der Waals surface area contributed by atoms with Crippen LogP contribution in [-0.4, -0.2) is 44.0 Å². The number of carbonyl (C=O) groups is 3. The number of Topliss-reactive ketones (excluding diaryl/α,β-unsaturated/α-hetero) is 1. The molecule has 1 unspecified atom stereocenters. The Labute approximate surface area is 280 Å². The zero-order valence-electron chi connectivity index (χ0n) is 28.1. The van der Waals surface area contributed by atoms with Crippen LogP contribution in [0, 0.1) is 5.41 Å². The summed E-state index contributed by atoms with van der Waals surface area (Å²) in [6.07, 6.45) is 9.15. The number of benzene rings is 2. The highest BCUT2D eigenvalue weighted by atomic mass is 35.5. The molecule has 256 valence electrons. The number of carbonyl (C=O) groups excluding carboxylic acids is 3. The molecule has 1 atom stereocenters. The molecule has 46 heavy (non-hydrogen) atoms. The Balaban J connectivity index is 2.04. The van der Waals surface area contributed by atoms with E-state index in [1.807, 2.05) is 0 Å². The lowest BCUT2D eigenvalue weighted by Gasteiger charge is -2.25. The summed E-state index contributed by atoms with van der Waals surface area (Å²) in [6, 6.07) is 10.3. The fourth-order valence-corrected chi connectivity index (χ4v) is 5.94. The highest BCUT2D eigenvalue weighted by Gasteiger charge is 2.37. The van der Waals surface area contributed by atoms with Crippen LogP contribution in [0.5, 0.6) is 5.75 Å². The Morgan fingerprint density at radius 3 is 1.96 bits per heavy atom. The molecule has 0 aliphatic heterocycles. The highest BCUT2D eigenvalue weighted by molar-refractivity contribution is 7.92. The van der Waals surface area contributed by atoms with Gasteiger partial charge in [-0.1, -0.05) is 97.1 Å². The SMILES string of the molecule is CCCCCCCCCCCCS(=O)(=O)Nc1ccc(Cl)c(NC(=O)C(Oc2ccc(C(=O)OC(C)C)cc2)C(=O)C(C)(C)C)c1. The van der Waals surface area contributed by atoms with Crippen molar-refractivity contribution in [3.63, 3.8) is 0 Å². The van der Waals surface area contributed by atoms with Gasteiger partial charge in [-0.05, 0) is 62.7 Å². The smallest absolute Gasteiger partial charge is 0.338 e. The molecule has 2 N–H and O–H groups in total. The molecule has 2 aromatic carbocycles. The summed E-state index contributed by atoms with van der Waals surface area (Å²) in [5.41, 5.74) is -0.287. The van der Waals surface area contributed by atoms with Crippen LogP contribution in [0.15, 0.2) is 42.5 Å². The van der Waals surface area contributed by atoms with Gasteiger partial charge < -0.3 is 14.8 Å². The van der Waals surface area contributed by atoms with Gasteiger partial charge >= 0.3 is 5.97 Å². The van der Waals surface area contributed by atoms with Gasteiger partial charge in [-0.3, -0.25) is 14.3 Å². The van der Waals surface area contributed by atoms with Crippen LogP contribution in [0.1, 0.15) is 116 Å². The average molecular weight is 679 g/mol. The second-order valence-corrected chi connectivity index (χ2v) is 15.1. The van der Waals surface area contributed by atoms with E-state index < -0.39 is 39.2 Å². The number of hydrogen-bond acceptors (Lipinski definition) is 7. The van der Waals surface area contributed by atoms with Crippen molar-refractivity contribution in [2.75, 3.05) is 15.8 Å². The van der Waals surface area contributed by atoms with Crippen LogP contribution in [0.3, 0.4) is 0 Å². The zero-order chi connectivity index (χ0) is 34.3. The van der Waals surface area contributed by atoms with Crippen molar-refractivity contribution < 1.29 is 32.3 Å². The molecule has 11 heteroatoms. The fraction of sp³-hybridized carbons (Fsp3) is 0.571. The first-order valence-corrected chi connectivity index (χ1v) is 18.3. The Hall–Kier alpha value is -3.11. The van der Waals surface area contributed by atoms with Gasteiger partial charge in [-0.25, -0.2) is 13.2 Å². The van der Waals surface area contributed by atoms with Gasteiger partial charge in [0.15, 0.2) is 5.78 Å². The summed E-state index contributed by atoms with van der Waals surface area (Å²) in [5.74, 6) is -1.60. The van der Waals surface area contributed by atoms with Gasteiger partial charge in [-0.2, -0.15) is 0 Å².